The molecule has 0 aromatic heterocycles. The van der Waals surface area contributed by atoms with Crippen LogP contribution in [0.5, 0.6) is 0 Å². The van der Waals surface area contributed by atoms with Crippen LogP contribution in [0, 0.1) is 0 Å². The minimum Gasteiger partial charge on any atom is -0.735 e. The van der Waals surface area contributed by atoms with Gasteiger partial charge in [-0.3, -0.25) is 0 Å². The summed E-state index contributed by atoms with van der Waals surface area (Å²) in [6.07, 6.45) is 0.147. The topological polar surface area (TPSA) is 199 Å². The molecule has 134 valence electrons. The average Bonchev–Trinajstić information content (AvgIpc) is 2.26. The van der Waals surface area contributed by atoms with Crippen LogP contribution in [-0.2, 0) is 30.9 Å². The Labute approximate surface area is 129 Å². The molecule has 0 saturated carbocycles. The van der Waals surface area contributed by atoms with E-state index in [2.05, 4.69) is 0 Å². The third kappa shape index (κ3) is 13.3. The molecular formula is C7H16N3O9S3-3. The third-order valence-corrected chi connectivity index (χ3v) is 4.41. The van der Waals surface area contributed by atoms with Crippen molar-refractivity contribution in [3.8, 4) is 0 Å². The van der Waals surface area contributed by atoms with E-state index in [9.17, 15) is 38.9 Å². The summed E-state index contributed by atoms with van der Waals surface area (Å²) in [4.78, 5) is 0. The molecule has 2 N–H and O–H groups in total. The minimum absolute atomic E-state index is 0.0872. The van der Waals surface area contributed by atoms with Crippen molar-refractivity contribution in [3.63, 3.8) is 0 Å². The molecule has 0 aliphatic heterocycles. The second kappa shape index (κ2) is 9.04. The van der Waals surface area contributed by atoms with Gasteiger partial charge in [0.1, 0.15) is 0 Å². The van der Waals surface area contributed by atoms with Gasteiger partial charge in [0.2, 0.25) is 0 Å². The summed E-state index contributed by atoms with van der Waals surface area (Å²) in [5, 5.41) is 0. The fraction of sp³-hybridized carbons (Fsp3) is 1.00. The summed E-state index contributed by atoms with van der Waals surface area (Å²) in [5.74, 6) is 0. The summed E-state index contributed by atoms with van der Waals surface area (Å²) in [6.45, 7) is -1.05. The highest BCUT2D eigenvalue weighted by Gasteiger charge is 2.11. The maximum Gasteiger partial charge on any atom is 0.161 e. The average molecular weight is 382 g/mol. The van der Waals surface area contributed by atoms with Crippen LogP contribution in [0.25, 0.3) is 0 Å². The maximum absolute atomic E-state index is 11.0. The lowest BCUT2D eigenvalue weighted by Crippen LogP contribution is -2.35. The summed E-state index contributed by atoms with van der Waals surface area (Å²) >= 11 is 0. The van der Waals surface area contributed by atoms with Crippen molar-refractivity contribution in [2.24, 2.45) is 0 Å². The van der Waals surface area contributed by atoms with Gasteiger partial charge in [0, 0.05) is 26.2 Å². The monoisotopic (exact) mass is 382 g/mol. The Kier molecular flexibility index (Phi) is 8.88. The van der Waals surface area contributed by atoms with Crippen molar-refractivity contribution in [1.82, 2.24) is 13.7 Å². The zero-order chi connectivity index (χ0) is 17.4. The van der Waals surface area contributed by atoms with Crippen LogP contribution in [0.2, 0.25) is 0 Å². The molecule has 0 aromatic carbocycles. The van der Waals surface area contributed by atoms with Gasteiger partial charge in [-0.1, -0.05) is 0 Å². The van der Waals surface area contributed by atoms with E-state index < -0.39 is 30.9 Å². The molecular weight excluding hydrogens is 366 g/mol. The van der Waals surface area contributed by atoms with E-state index in [0.717, 1.165) is 0 Å². The molecule has 0 amide bonds. The molecule has 12 nitrogen and oxygen atoms in total. The molecule has 0 heterocycles. The van der Waals surface area contributed by atoms with Gasteiger partial charge >= 0.3 is 0 Å². The van der Waals surface area contributed by atoms with Gasteiger partial charge in [0.25, 0.3) is 0 Å². The number of nitrogens with one attached hydrogen (secondary N) is 2. The molecule has 0 bridgehead atoms. The van der Waals surface area contributed by atoms with E-state index in [-0.39, 0.29) is 45.4 Å². The first kappa shape index (κ1) is 21.6. The van der Waals surface area contributed by atoms with Crippen molar-refractivity contribution in [2.75, 3.05) is 26.2 Å². The Hall–Kier alpha value is -0.390. The quantitative estimate of drug-likeness (QED) is 0.261. The first-order valence-corrected chi connectivity index (χ1v) is 10.1. The largest absolute Gasteiger partial charge is 0.735 e. The summed E-state index contributed by atoms with van der Waals surface area (Å²) in [5.41, 5.74) is 0. The molecule has 0 radical (unpaired) electrons. The van der Waals surface area contributed by atoms with Gasteiger partial charge in [-0.25, -0.2) is 39.0 Å². The second-order valence-corrected chi connectivity index (χ2v) is 7.88. The molecule has 0 atom stereocenters. The second-order valence-electron chi connectivity index (χ2n) is 4.11. The summed E-state index contributed by atoms with van der Waals surface area (Å²) < 4.78 is 98.1. The highest BCUT2D eigenvalue weighted by atomic mass is 32.2. The molecule has 0 saturated heterocycles. The van der Waals surface area contributed by atoms with Crippen molar-refractivity contribution < 1.29 is 38.9 Å². The van der Waals surface area contributed by atoms with Crippen LogP contribution in [0.3, 0.4) is 0 Å². The predicted octanol–water partition coefficient (Wildman–Crippen LogP) is -2.98. The lowest BCUT2D eigenvalue weighted by atomic mass is 10.3. The smallest absolute Gasteiger partial charge is 0.161 e. The molecule has 0 spiro atoms. The van der Waals surface area contributed by atoms with Crippen LogP contribution in [0.4, 0.5) is 0 Å². The molecule has 0 aliphatic carbocycles. The van der Waals surface area contributed by atoms with Crippen molar-refractivity contribution in [1.29, 1.82) is 0 Å². The first-order valence-electron chi connectivity index (χ1n) is 5.93. The van der Waals surface area contributed by atoms with Crippen LogP contribution < -0.4 is 9.44 Å². The van der Waals surface area contributed by atoms with E-state index in [4.69, 9.17) is 0 Å². The maximum atomic E-state index is 11.0. The van der Waals surface area contributed by atoms with Crippen LogP contribution in [0.1, 0.15) is 19.3 Å². The number of nitrogens with zero attached hydrogens (tertiary/aromatic N) is 1. The van der Waals surface area contributed by atoms with Gasteiger partial charge in [0.15, 0.2) is 30.9 Å². The fourth-order valence-electron chi connectivity index (χ4n) is 1.40. The Balaban J connectivity index is 4.16. The van der Waals surface area contributed by atoms with E-state index in [1.807, 2.05) is 0 Å². The van der Waals surface area contributed by atoms with Crippen LogP contribution >= 0.6 is 0 Å². The van der Waals surface area contributed by atoms with Gasteiger partial charge < -0.3 is 13.7 Å². The highest BCUT2D eigenvalue weighted by molar-refractivity contribution is 7.84. The molecule has 22 heavy (non-hydrogen) atoms. The Morgan fingerprint density at radius 2 is 1.09 bits per heavy atom. The normalized spacial score (nSPS) is 13.6. The first-order chi connectivity index (χ1) is 9.81. The van der Waals surface area contributed by atoms with Gasteiger partial charge in [-0.05, 0) is 19.3 Å². The molecule has 0 fully saturated rings. The Morgan fingerprint density at radius 3 is 1.50 bits per heavy atom. The van der Waals surface area contributed by atoms with Gasteiger partial charge in [-0.2, -0.15) is 0 Å². The Bertz CT molecular complexity index is 627. The van der Waals surface area contributed by atoms with Crippen LogP contribution in [0.15, 0.2) is 0 Å². The molecule has 15 heteroatoms. The molecule has 0 unspecified atom stereocenters. The van der Waals surface area contributed by atoms with E-state index in [0.29, 0.717) is 4.31 Å². The van der Waals surface area contributed by atoms with Gasteiger partial charge in [-0.15, -0.1) is 0 Å². The number of hydrogen-bond donors (Lipinski definition) is 2. The van der Waals surface area contributed by atoms with Crippen molar-refractivity contribution in [2.45, 2.75) is 19.3 Å². The van der Waals surface area contributed by atoms with Crippen LogP contribution in [-0.4, -0.2) is 69.4 Å². The number of rotatable bonds is 12. The lowest BCUT2D eigenvalue weighted by molar-refractivity contribution is 0.332. The van der Waals surface area contributed by atoms with Crippen molar-refractivity contribution >= 4 is 30.9 Å². The molecule has 0 aliphatic rings. The van der Waals surface area contributed by atoms with E-state index in [1.165, 1.54) is 0 Å². The summed E-state index contributed by atoms with van der Waals surface area (Å²) in [7, 11) is -14.0. The van der Waals surface area contributed by atoms with E-state index >= 15 is 0 Å². The molecule has 0 rings (SSSR count). The Morgan fingerprint density at radius 1 is 0.682 bits per heavy atom. The number of hydrogen-bond acceptors (Lipinski definition) is 9. The van der Waals surface area contributed by atoms with E-state index in [1.54, 1.807) is 9.44 Å². The van der Waals surface area contributed by atoms with Gasteiger partial charge in [0.05, 0.1) is 0 Å². The molecule has 0 aromatic rings. The third-order valence-electron chi connectivity index (χ3n) is 2.29. The zero-order valence-electron chi connectivity index (χ0n) is 11.3. The zero-order valence-corrected chi connectivity index (χ0v) is 13.7. The SMILES string of the molecule is O=S(=O)([O-])NCCCCN(CCCNS(=O)(=O)[O-])S(=O)(=O)[O-]. The minimum atomic E-state index is -4.77. The lowest BCUT2D eigenvalue weighted by Gasteiger charge is -2.25. The number of unbranched alkanes of at least 4 members (excludes halogenated alkanes) is 1. The fourth-order valence-corrected chi connectivity index (χ4v) is 2.89. The standard InChI is InChI=1S/C7H19N3O9S3/c11-20(12,13)8-4-1-2-6-10(22(17,18)19)7-3-5-9-21(14,15)16/h8-9H,1-7H2,(H,11,12,13)(H,14,15,16)(H,17,18,19)/p-3. The van der Waals surface area contributed by atoms with Crippen molar-refractivity contribution in [3.05, 3.63) is 0 Å². The summed E-state index contributed by atoms with van der Waals surface area (Å²) in [6, 6.07) is 0. The highest BCUT2D eigenvalue weighted by Crippen LogP contribution is 2.02. The predicted molar refractivity (Wildman–Crippen MR) is 70.5 cm³/mol.